The summed E-state index contributed by atoms with van der Waals surface area (Å²) in [7, 11) is 0. The number of rotatable bonds is 8. The van der Waals surface area contributed by atoms with Crippen molar-refractivity contribution in [2.24, 2.45) is 0 Å². The van der Waals surface area contributed by atoms with Crippen LogP contribution >= 0.6 is 0 Å². The molecule has 8 aromatic carbocycles. The fraction of sp³-hybridized carbons (Fsp3) is 0.226. The van der Waals surface area contributed by atoms with Crippen LogP contribution in [-0.4, -0.2) is 11.4 Å². The molecule has 0 saturated carbocycles. The summed E-state index contributed by atoms with van der Waals surface area (Å²) in [5.74, 6) is 0. The van der Waals surface area contributed by atoms with Crippen LogP contribution in [0, 0.1) is 0 Å². The molecule has 0 bridgehead atoms. The first kappa shape index (κ1) is 38.8. The van der Waals surface area contributed by atoms with Gasteiger partial charge in [-0.3, -0.25) is 0 Å². The zero-order valence-electron chi connectivity index (χ0n) is 38.6. The van der Waals surface area contributed by atoms with Crippen LogP contribution in [-0.2, 0) is 23.7 Å². The summed E-state index contributed by atoms with van der Waals surface area (Å²) < 4.78 is 2.75. The predicted molar refractivity (Wildman–Crippen MR) is 278 cm³/mol. The molecular weight excluding hydrogens is 784 g/mol. The maximum absolute atomic E-state index is 2.77. The van der Waals surface area contributed by atoms with Crippen LogP contribution in [0.15, 0.2) is 152 Å². The number of benzene rings is 8. The van der Waals surface area contributed by atoms with Crippen LogP contribution < -0.4 is 15.7 Å². The van der Waals surface area contributed by atoms with Crippen LogP contribution in [0.2, 0.25) is 0 Å². The number of anilines is 2. The molecule has 0 spiro atoms. The summed E-state index contributed by atoms with van der Waals surface area (Å²) in [6.07, 6.45) is 6.92. The molecule has 65 heavy (non-hydrogen) atoms. The first-order chi connectivity index (χ1) is 31.7. The van der Waals surface area contributed by atoms with E-state index in [-0.39, 0.29) is 17.7 Å². The Morgan fingerprint density at radius 3 is 1.86 bits per heavy atom. The number of nitrogens with zero attached hydrogens (tertiary/aromatic N) is 2. The molecule has 2 nitrogen and oxygen atoms in total. The lowest BCUT2D eigenvalue weighted by Gasteiger charge is -2.44. The first-order valence-corrected chi connectivity index (χ1v) is 24.3. The van der Waals surface area contributed by atoms with E-state index in [4.69, 9.17) is 0 Å². The SMILES string of the molecule is CCCCc1ccc2c(c1)c1cc(CCCC)cc3c1n2-c1c2c(cc4c1C(C)(C)c1ccccc1-4)-c1cc4c(cc1N(c1ccc(-c5ccccc5)cc1)B23)C(C)(C)c1ccccc1-4. The van der Waals surface area contributed by atoms with Gasteiger partial charge in [0.25, 0.3) is 0 Å². The van der Waals surface area contributed by atoms with Gasteiger partial charge in [-0.1, -0.05) is 158 Å². The van der Waals surface area contributed by atoms with E-state index in [1.54, 1.807) is 0 Å². The summed E-state index contributed by atoms with van der Waals surface area (Å²) in [4.78, 5) is 2.77. The lowest BCUT2D eigenvalue weighted by atomic mass is 9.43. The summed E-state index contributed by atoms with van der Waals surface area (Å²) in [5, 5.41) is 2.79. The molecule has 4 aliphatic rings. The fourth-order valence-electron chi connectivity index (χ4n) is 12.9. The monoisotopic (exact) mass is 838 g/mol. The van der Waals surface area contributed by atoms with Crippen LogP contribution in [0.25, 0.3) is 72.0 Å². The van der Waals surface area contributed by atoms with Gasteiger partial charge in [-0.15, -0.1) is 0 Å². The first-order valence-electron chi connectivity index (χ1n) is 24.3. The lowest BCUT2D eigenvalue weighted by molar-refractivity contribution is 0.657. The molecule has 0 unspecified atom stereocenters. The third-order valence-corrected chi connectivity index (χ3v) is 16.1. The summed E-state index contributed by atoms with van der Waals surface area (Å²) in [5.41, 5.74) is 28.3. The van der Waals surface area contributed by atoms with E-state index >= 15 is 0 Å². The molecule has 0 fully saturated rings. The molecule has 0 atom stereocenters. The van der Waals surface area contributed by atoms with E-state index in [1.807, 2.05) is 0 Å². The Morgan fingerprint density at radius 1 is 0.492 bits per heavy atom. The molecule has 0 N–H and O–H groups in total. The van der Waals surface area contributed by atoms with Crippen molar-refractivity contribution in [1.82, 2.24) is 4.57 Å². The molecule has 3 heterocycles. The highest BCUT2D eigenvalue weighted by Gasteiger charge is 2.50. The quantitative estimate of drug-likeness (QED) is 0.138. The van der Waals surface area contributed by atoms with Crippen LogP contribution in [0.5, 0.6) is 0 Å². The van der Waals surface area contributed by atoms with Gasteiger partial charge in [0.15, 0.2) is 0 Å². The number of aryl methyl sites for hydroxylation is 2. The average Bonchev–Trinajstić information content (AvgIpc) is 3.87. The van der Waals surface area contributed by atoms with Gasteiger partial charge in [0.2, 0.25) is 0 Å². The Kier molecular flexibility index (Phi) is 8.35. The molecular formula is C62H55BN2. The molecule has 3 heteroatoms. The van der Waals surface area contributed by atoms with Crippen molar-refractivity contribution in [3.05, 3.63) is 185 Å². The van der Waals surface area contributed by atoms with E-state index < -0.39 is 0 Å². The molecule has 13 rings (SSSR count). The normalized spacial score (nSPS) is 15.2. The maximum Gasteiger partial charge on any atom is 0.333 e. The van der Waals surface area contributed by atoms with E-state index in [9.17, 15) is 0 Å². The smallest absolute Gasteiger partial charge is 0.333 e. The van der Waals surface area contributed by atoms with Crippen molar-refractivity contribution in [3.63, 3.8) is 0 Å². The summed E-state index contributed by atoms with van der Waals surface area (Å²) in [6.45, 7) is 14.4. The molecule has 1 aromatic heterocycles. The minimum atomic E-state index is -0.216. The largest absolute Gasteiger partial charge is 0.376 e. The van der Waals surface area contributed by atoms with Crippen LogP contribution in [0.3, 0.4) is 0 Å². The topological polar surface area (TPSA) is 8.17 Å². The molecule has 2 aliphatic carbocycles. The Labute approximate surface area is 384 Å². The second kappa shape index (κ2) is 14.0. The number of hydrogen-bond donors (Lipinski definition) is 0. The van der Waals surface area contributed by atoms with Crippen molar-refractivity contribution in [2.75, 3.05) is 4.81 Å². The number of hydrogen-bond acceptors (Lipinski definition) is 1. The number of fused-ring (bicyclic) bond motifs is 14. The van der Waals surface area contributed by atoms with Gasteiger partial charge >= 0.3 is 6.85 Å². The standard InChI is InChI=1S/C62H55BN2/c1-7-9-18-38-26-31-55-46(32-38)50-33-39(19-10-8-2)34-54-59(50)64(55)60-57-48(44-23-15-17-25-52(44)62(57,5)6)36-49-47-35-45-43-22-14-16-24-51(43)61(3,4)53(45)37-56(47)65(63(54)58(49)60)42-29-27-41(28-30-42)40-20-12-11-13-21-40/h11-17,20-37H,7-10,18-19H2,1-6H3. The van der Waals surface area contributed by atoms with Gasteiger partial charge in [-0.2, -0.15) is 0 Å². The summed E-state index contributed by atoms with van der Waals surface area (Å²) >= 11 is 0. The minimum Gasteiger partial charge on any atom is -0.376 e. The van der Waals surface area contributed by atoms with Crippen molar-refractivity contribution in [2.45, 2.75) is 90.9 Å². The predicted octanol–water partition coefficient (Wildman–Crippen LogP) is 15.0. The van der Waals surface area contributed by atoms with Gasteiger partial charge in [0, 0.05) is 44.2 Å². The second-order valence-corrected chi connectivity index (χ2v) is 20.5. The van der Waals surface area contributed by atoms with Gasteiger partial charge in [0.1, 0.15) is 0 Å². The zero-order chi connectivity index (χ0) is 43.9. The lowest BCUT2D eigenvalue weighted by Crippen LogP contribution is -2.61. The Morgan fingerprint density at radius 2 is 1.12 bits per heavy atom. The molecule has 0 saturated heterocycles. The van der Waals surface area contributed by atoms with Gasteiger partial charge in [0.05, 0.1) is 11.0 Å². The fourth-order valence-corrected chi connectivity index (χ4v) is 12.9. The van der Waals surface area contributed by atoms with Gasteiger partial charge < -0.3 is 9.38 Å². The van der Waals surface area contributed by atoms with Crippen molar-refractivity contribution in [1.29, 1.82) is 0 Å². The Balaban J connectivity index is 1.20. The zero-order valence-corrected chi connectivity index (χ0v) is 38.6. The van der Waals surface area contributed by atoms with Gasteiger partial charge in [-0.05, 0) is 157 Å². The van der Waals surface area contributed by atoms with Crippen molar-refractivity contribution in [3.8, 4) is 50.2 Å². The molecule has 0 radical (unpaired) electrons. The molecule has 9 aromatic rings. The number of unbranched alkanes of at least 4 members (excludes halogenated alkanes) is 2. The highest BCUT2D eigenvalue weighted by atomic mass is 15.1. The van der Waals surface area contributed by atoms with Crippen molar-refractivity contribution >= 4 is 51.0 Å². The highest BCUT2D eigenvalue weighted by molar-refractivity contribution is 6.93. The Hall–Kier alpha value is -6.58. The highest BCUT2D eigenvalue weighted by Crippen LogP contribution is 2.58. The summed E-state index contributed by atoms with van der Waals surface area (Å²) in [6, 6.07) is 59.2. The average molecular weight is 839 g/mol. The maximum atomic E-state index is 2.77. The minimum absolute atomic E-state index is 0.0507. The van der Waals surface area contributed by atoms with E-state index in [1.165, 1.54) is 153 Å². The van der Waals surface area contributed by atoms with E-state index in [0.717, 1.165) is 12.8 Å². The van der Waals surface area contributed by atoms with Crippen molar-refractivity contribution < 1.29 is 0 Å². The molecule has 0 amide bonds. The van der Waals surface area contributed by atoms with Gasteiger partial charge in [-0.25, -0.2) is 0 Å². The molecule has 2 aliphatic heterocycles. The van der Waals surface area contributed by atoms with E-state index in [2.05, 4.69) is 203 Å². The molecule has 316 valence electrons. The number of aromatic nitrogens is 1. The van der Waals surface area contributed by atoms with Crippen LogP contribution in [0.4, 0.5) is 11.4 Å². The third-order valence-electron chi connectivity index (χ3n) is 16.1. The third kappa shape index (κ3) is 5.30. The van der Waals surface area contributed by atoms with E-state index in [0.29, 0.717) is 0 Å². The Bertz CT molecular complexity index is 3460. The van der Waals surface area contributed by atoms with Crippen LogP contribution in [0.1, 0.15) is 101 Å². The second-order valence-electron chi connectivity index (χ2n) is 20.5.